The van der Waals surface area contributed by atoms with Crippen LogP contribution in [-0.2, 0) is 17.8 Å². The van der Waals surface area contributed by atoms with Crippen molar-refractivity contribution in [2.45, 2.75) is 39.7 Å². The zero-order valence-electron chi connectivity index (χ0n) is 13.1. The molecule has 1 heterocycles. The van der Waals surface area contributed by atoms with Crippen LogP contribution in [0.25, 0.3) is 0 Å². The lowest BCUT2D eigenvalue weighted by Gasteiger charge is -2.07. The molecule has 5 heteroatoms. The van der Waals surface area contributed by atoms with Crippen molar-refractivity contribution in [1.82, 2.24) is 15.1 Å². The first-order valence-corrected chi connectivity index (χ1v) is 7.57. The molecular formula is C17H22FN3O. The van der Waals surface area contributed by atoms with E-state index >= 15 is 0 Å². The zero-order chi connectivity index (χ0) is 15.9. The van der Waals surface area contributed by atoms with Crippen LogP contribution in [0.3, 0.4) is 0 Å². The van der Waals surface area contributed by atoms with Gasteiger partial charge in [-0.05, 0) is 50.5 Å². The summed E-state index contributed by atoms with van der Waals surface area (Å²) in [5.41, 5.74) is 2.99. The standard InChI is InChI=1S/C17H22FN3O/c1-13-11-14(2)21(20-13)10-4-9-19-17(22)8-7-15-5-3-6-16(18)12-15/h3,5-6,11-12H,4,7-10H2,1-2H3,(H,19,22). The molecule has 0 saturated heterocycles. The van der Waals surface area contributed by atoms with E-state index < -0.39 is 0 Å². The number of aryl methyl sites for hydroxylation is 4. The van der Waals surface area contributed by atoms with E-state index in [9.17, 15) is 9.18 Å². The average molecular weight is 303 g/mol. The van der Waals surface area contributed by atoms with Gasteiger partial charge in [-0.2, -0.15) is 5.10 Å². The molecule has 1 aromatic carbocycles. The summed E-state index contributed by atoms with van der Waals surface area (Å²) in [7, 11) is 0. The minimum Gasteiger partial charge on any atom is -0.356 e. The molecule has 1 amide bonds. The van der Waals surface area contributed by atoms with Gasteiger partial charge in [-0.1, -0.05) is 12.1 Å². The third-order valence-electron chi connectivity index (χ3n) is 3.50. The summed E-state index contributed by atoms with van der Waals surface area (Å²) in [6.45, 7) is 5.42. The number of nitrogens with zero attached hydrogens (tertiary/aromatic N) is 2. The largest absolute Gasteiger partial charge is 0.356 e. The first-order valence-electron chi connectivity index (χ1n) is 7.57. The highest BCUT2D eigenvalue weighted by Crippen LogP contribution is 2.06. The minimum atomic E-state index is -0.261. The van der Waals surface area contributed by atoms with Crippen molar-refractivity contribution in [3.63, 3.8) is 0 Å². The summed E-state index contributed by atoms with van der Waals surface area (Å²) in [5.74, 6) is -0.263. The van der Waals surface area contributed by atoms with Crippen LogP contribution in [0.4, 0.5) is 4.39 Å². The van der Waals surface area contributed by atoms with Gasteiger partial charge in [0, 0.05) is 25.2 Å². The molecule has 0 unspecified atom stereocenters. The number of halogens is 1. The highest BCUT2D eigenvalue weighted by atomic mass is 19.1. The van der Waals surface area contributed by atoms with Crippen molar-refractivity contribution in [3.05, 3.63) is 53.1 Å². The van der Waals surface area contributed by atoms with Crippen molar-refractivity contribution in [1.29, 1.82) is 0 Å². The fourth-order valence-electron chi connectivity index (χ4n) is 2.40. The van der Waals surface area contributed by atoms with Crippen LogP contribution in [0.5, 0.6) is 0 Å². The van der Waals surface area contributed by atoms with E-state index in [1.54, 1.807) is 6.07 Å². The molecule has 0 aliphatic rings. The first kappa shape index (κ1) is 16.2. The second kappa shape index (κ2) is 7.73. The van der Waals surface area contributed by atoms with Gasteiger partial charge in [0.1, 0.15) is 5.82 Å². The second-order valence-electron chi connectivity index (χ2n) is 5.48. The lowest BCUT2D eigenvalue weighted by Crippen LogP contribution is -2.25. The lowest BCUT2D eigenvalue weighted by molar-refractivity contribution is -0.121. The SMILES string of the molecule is Cc1cc(C)n(CCCNC(=O)CCc2cccc(F)c2)n1. The molecule has 0 bridgehead atoms. The van der Waals surface area contributed by atoms with Gasteiger partial charge in [0.15, 0.2) is 0 Å². The van der Waals surface area contributed by atoms with Crippen LogP contribution in [-0.4, -0.2) is 22.2 Å². The Balaban J connectivity index is 1.64. The summed E-state index contributed by atoms with van der Waals surface area (Å²) in [6.07, 6.45) is 1.78. The Kier molecular flexibility index (Phi) is 5.69. The molecule has 0 saturated carbocycles. The molecule has 0 fully saturated rings. The number of amides is 1. The predicted molar refractivity (Wildman–Crippen MR) is 84.0 cm³/mol. The van der Waals surface area contributed by atoms with Crippen molar-refractivity contribution in [2.75, 3.05) is 6.54 Å². The number of carbonyl (C=O) groups is 1. The summed E-state index contributed by atoms with van der Waals surface area (Å²) < 4.78 is 15.0. The molecule has 0 aliphatic heterocycles. The number of carbonyl (C=O) groups excluding carboxylic acids is 1. The second-order valence-corrected chi connectivity index (χ2v) is 5.48. The molecule has 0 atom stereocenters. The average Bonchev–Trinajstić information content (AvgIpc) is 2.79. The van der Waals surface area contributed by atoms with Crippen LogP contribution in [0.1, 0.15) is 29.8 Å². The van der Waals surface area contributed by atoms with E-state index in [2.05, 4.69) is 10.4 Å². The fraction of sp³-hybridized carbons (Fsp3) is 0.412. The Hall–Kier alpha value is -2.17. The van der Waals surface area contributed by atoms with Crippen LogP contribution in [0, 0.1) is 19.7 Å². The van der Waals surface area contributed by atoms with Crippen molar-refractivity contribution in [3.8, 4) is 0 Å². The fourth-order valence-corrected chi connectivity index (χ4v) is 2.40. The predicted octanol–water partition coefficient (Wildman–Crippen LogP) is 2.78. The monoisotopic (exact) mass is 303 g/mol. The maximum absolute atomic E-state index is 13.0. The van der Waals surface area contributed by atoms with Gasteiger partial charge < -0.3 is 5.32 Å². The van der Waals surface area contributed by atoms with E-state index in [0.717, 1.165) is 29.9 Å². The highest BCUT2D eigenvalue weighted by molar-refractivity contribution is 5.76. The van der Waals surface area contributed by atoms with E-state index in [0.29, 0.717) is 19.4 Å². The Morgan fingerprint density at radius 3 is 2.82 bits per heavy atom. The van der Waals surface area contributed by atoms with E-state index in [4.69, 9.17) is 0 Å². The lowest BCUT2D eigenvalue weighted by atomic mass is 10.1. The number of benzene rings is 1. The molecular weight excluding hydrogens is 281 g/mol. The quantitative estimate of drug-likeness (QED) is 0.800. The molecule has 1 aromatic heterocycles. The van der Waals surface area contributed by atoms with Gasteiger partial charge >= 0.3 is 0 Å². The summed E-state index contributed by atoms with van der Waals surface area (Å²) >= 11 is 0. The molecule has 2 rings (SSSR count). The van der Waals surface area contributed by atoms with Gasteiger partial charge in [0.25, 0.3) is 0 Å². The van der Waals surface area contributed by atoms with Crippen LogP contribution >= 0.6 is 0 Å². The zero-order valence-corrected chi connectivity index (χ0v) is 13.1. The Morgan fingerprint density at radius 2 is 2.14 bits per heavy atom. The number of hydrogen-bond donors (Lipinski definition) is 1. The molecule has 118 valence electrons. The molecule has 4 nitrogen and oxygen atoms in total. The van der Waals surface area contributed by atoms with Gasteiger partial charge in [-0.3, -0.25) is 9.48 Å². The topological polar surface area (TPSA) is 46.9 Å². The smallest absolute Gasteiger partial charge is 0.220 e. The Morgan fingerprint density at radius 1 is 1.32 bits per heavy atom. The Labute approximate surface area is 130 Å². The normalized spacial score (nSPS) is 10.7. The minimum absolute atomic E-state index is 0.00220. The third-order valence-corrected chi connectivity index (χ3v) is 3.50. The molecule has 0 radical (unpaired) electrons. The molecule has 1 N–H and O–H groups in total. The highest BCUT2D eigenvalue weighted by Gasteiger charge is 2.04. The van der Waals surface area contributed by atoms with Crippen LogP contribution < -0.4 is 5.32 Å². The molecule has 0 aliphatic carbocycles. The van der Waals surface area contributed by atoms with Crippen LogP contribution in [0.2, 0.25) is 0 Å². The van der Waals surface area contributed by atoms with E-state index in [1.807, 2.05) is 30.7 Å². The van der Waals surface area contributed by atoms with Gasteiger partial charge in [-0.15, -0.1) is 0 Å². The number of aromatic nitrogens is 2. The van der Waals surface area contributed by atoms with Crippen LogP contribution in [0.15, 0.2) is 30.3 Å². The van der Waals surface area contributed by atoms with E-state index in [1.165, 1.54) is 12.1 Å². The van der Waals surface area contributed by atoms with Gasteiger partial charge in [0.05, 0.1) is 5.69 Å². The van der Waals surface area contributed by atoms with E-state index in [-0.39, 0.29) is 11.7 Å². The summed E-state index contributed by atoms with van der Waals surface area (Å²) in [4.78, 5) is 11.8. The molecule has 2 aromatic rings. The number of nitrogens with one attached hydrogen (secondary N) is 1. The maximum Gasteiger partial charge on any atom is 0.220 e. The summed E-state index contributed by atoms with van der Waals surface area (Å²) in [6, 6.07) is 8.41. The maximum atomic E-state index is 13.0. The van der Waals surface area contributed by atoms with Crippen molar-refractivity contribution < 1.29 is 9.18 Å². The van der Waals surface area contributed by atoms with Crippen molar-refractivity contribution in [2.24, 2.45) is 0 Å². The van der Waals surface area contributed by atoms with Gasteiger partial charge in [-0.25, -0.2) is 4.39 Å². The number of hydrogen-bond acceptors (Lipinski definition) is 2. The number of rotatable bonds is 7. The Bertz CT molecular complexity index is 637. The van der Waals surface area contributed by atoms with Crippen molar-refractivity contribution >= 4 is 5.91 Å². The third kappa shape index (κ3) is 4.98. The molecule has 22 heavy (non-hydrogen) atoms. The summed E-state index contributed by atoms with van der Waals surface area (Å²) in [5, 5.41) is 7.27. The molecule has 0 spiro atoms. The first-order chi connectivity index (χ1) is 10.5. The van der Waals surface area contributed by atoms with Gasteiger partial charge in [0.2, 0.25) is 5.91 Å².